The summed E-state index contributed by atoms with van der Waals surface area (Å²) in [6.07, 6.45) is 9.70. The lowest BCUT2D eigenvalue weighted by Gasteiger charge is -2.27. The molecule has 8 nitrogen and oxygen atoms in total. The summed E-state index contributed by atoms with van der Waals surface area (Å²) in [4.78, 5) is 50.0. The van der Waals surface area contributed by atoms with Gasteiger partial charge >= 0.3 is 5.97 Å². The van der Waals surface area contributed by atoms with Crippen LogP contribution in [-0.2, 0) is 14.3 Å². The maximum absolute atomic E-state index is 13.3. The minimum Gasteiger partial charge on any atom is -0.495 e. The van der Waals surface area contributed by atoms with E-state index >= 15 is 0 Å². The van der Waals surface area contributed by atoms with E-state index in [0.29, 0.717) is 46.5 Å². The molecule has 0 saturated carbocycles. The number of aromatic carboxylic acids is 1. The Kier molecular flexibility index (Phi) is 11.9. The lowest BCUT2D eigenvalue weighted by molar-refractivity contribution is -0.120. The number of likely N-dealkylation sites (N-methyl/N-ethyl adjacent to an activating group) is 1. The number of methoxy groups -OCH3 is 1. The molecule has 2 rings (SSSR count). The van der Waals surface area contributed by atoms with Gasteiger partial charge in [0.25, 0.3) is 0 Å². The van der Waals surface area contributed by atoms with Crippen LogP contribution in [0.5, 0.6) is 0 Å². The highest BCUT2D eigenvalue weighted by Crippen LogP contribution is 2.30. The Morgan fingerprint density at radius 2 is 1.85 bits per heavy atom. The number of nitrogens with zero attached hydrogens (tertiary/aromatic N) is 1. The predicted octanol–water partition coefficient (Wildman–Crippen LogP) is 5.77. The third kappa shape index (κ3) is 8.83. The minimum absolute atomic E-state index is 0.101. The van der Waals surface area contributed by atoms with Crippen molar-refractivity contribution in [1.29, 1.82) is 0 Å². The first-order valence-corrected chi connectivity index (χ1v) is 12.4. The Labute approximate surface area is 232 Å². The molecule has 0 bridgehead atoms. The Morgan fingerprint density at radius 3 is 2.41 bits per heavy atom. The molecule has 39 heavy (non-hydrogen) atoms. The molecule has 204 valence electrons. The monoisotopic (exact) mass is 550 g/mol. The molecule has 0 fully saturated rings. The van der Waals surface area contributed by atoms with Gasteiger partial charge in [-0.2, -0.15) is 0 Å². The van der Waals surface area contributed by atoms with Crippen LogP contribution < -0.4 is 5.32 Å². The predicted molar refractivity (Wildman–Crippen MR) is 153 cm³/mol. The number of benzene rings is 2. The number of ether oxygens (including phenoxy) is 1. The van der Waals surface area contributed by atoms with Crippen LogP contribution in [0.4, 0.5) is 5.69 Å². The fourth-order valence-electron chi connectivity index (χ4n) is 3.81. The van der Waals surface area contributed by atoms with Gasteiger partial charge in [-0.1, -0.05) is 36.4 Å². The summed E-state index contributed by atoms with van der Waals surface area (Å²) in [6.45, 7) is 5.06. The maximum atomic E-state index is 13.3. The Bertz CT molecular complexity index is 1310. The van der Waals surface area contributed by atoms with Crippen LogP contribution in [0.15, 0.2) is 85.3 Å². The highest BCUT2D eigenvalue weighted by molar-refractivity contribution is 6.31. The zero-order valence-electron chi connectivity index (χ0n) is 22.0. The molecule has 2 aromatic carbocycles. The van der Waals surface area contributed by atoms with Gasteiger partial charge in [0.15, 0.2) is 5.78 Å². The molecule has 1 atom stereocenters. The van der Waals surface area contributed by atoms with Gasteiger partial charge < -0.3 is 20.1 Å². The van der Waals surface area contributed by atoms with Gasteiger partial charge in [-0.15, -0.1) is 0 Å². The third-order valence-corrected chi connectivity index (χ3v) is 6.00. The summed E-state index contributed by atoms with van der Waals surface area (Å²) in [6, 6.07) is 9.88. The molecule has 0 heterocycles. The van der Waals surface area contributed by atoms with E-state index in [0.717, 1.165) is 0 Å². The molecule has 0 aliphatic heterocycles. The molecular weight excluding hydrogens is 520 g/mol. The first kappa shape index (κ1) is 30.8. The summed E-state index contributed by atoms with van der Waals surface area (Å²) in [5, 5.41) is 12.3. The Balaban J connectivity index is 2.47. The van der Waals surface area contributed by atoms with E-state index in [4.69, 9.17) is 21.4 Å². The van der Waals surface area contributed by atoms with Gasteiger partial charge in [-0.05, 0) is 73.9 Å². The van der Waals surface area contributed by atoms with Crippen molar-refractivity contribution in [2.24, 2.45) is 0 Å². The molecule has 9 heteroatoms. The van der Waals surface area contributed by atoms with Crippen molar-refractivity contribution in [3.63, 3.8) is 0 Å². The van der Waals surface area contributed by atoms with E-state index < -0.39 is 12.0 Å². The second kappa shape index (κ2) is 15.1. The van der Waals surface area contributed by atoms with Crippen molar-refractivity contribution in [3.8, 4) is 0 Å². The van der Waals surface area contributed by atoms with Gasteiger partial charge in [-0.3, -0.25) is 14.4 Å². The molecule has 0 aliphatic carbocycles. The topological polar surface area (TPSA) is 113 Å². The van der Waals surface area contributed by atoms with Crippen LogP contribution in [0.1, 0.15) is 46.0 Å². The average molecular weight is 551 g/mol. The van der Waals surface area contributed by atoms with E-state index in [9.17, 15) is 19.2 Å². The van der Waals surface area contributed by atoms with Gasteiger partial charge in [0, 0.05) is 35.1 Å². The second-order valence-corrected chi connectivity index (χ2v) is 8.89. The van der Waals surface area contributed by atoms with Gasteiger partial charge in [-0.25, -0.2) is 4.79 Å². The van der Waals surface area contributed by atoms with Gasteiger partial charge in [0.2, 0.25) is 5.91 Å². The summed E-state index contributed by atoms with van der Waals surface area (Å²) >= 11 is 6.20. The van der Waals surface area contributed by atoms with Crippen molar-refractivity contribution < 1.29 is 29.0 Å². The number of allylic oxidation sites excluding steroid dienone is 5. The summed E-state index contributed by atoms with van der Waals surface area (Å²) in [5.74, 6) is -1.39. The molecule has 0 aliphatic rings. The SMILES string of the molecule is C=C/C=C\CCC(C(=O)Nc1ccc(C(=O)O)cc1)N(C)/C=C(OC)\C(=C/C=O)c1cc(Cl)ccc1C(C)=O. The van der Waals surface area contributed by atoms with Crippen LogP contribution in [0.25, 0.3) is 5.57 Å². The first-order valence-electron chi connectivity index (χ1n) is 12.0. The number of hydrogen-bond donors (Lipinski definition) is 2. The molecule has 0 aromatic heterocycles. The highest BCUT2D eigenvalue weighted by atomic mass is 35.5. The molecular formula is C30H31ClN2O6. The molecule has 0 radical (unpaired) electrons. The number of carboxylic acids is 1. The zero-order chi connectivity index (χ0) is 28.9. The van der Waals surface area contributed by atoms with Crippen molar-refractivity contribution in [2.45, 2.75) is 25.8 Å². The van der Waals surface area contributed by atoms with Crippen molar-refractivity contribution >= 4 is 46.8 Å². The molecule has 0 saturated heterocycles. The van der Waals surface area contributed by atoms with Crippen LogP contribution >= 0.6 is 11.6 Å². The fraction of sp³-hybridized carbons (Fsp3) is 0.200. The van der Waals surface area contributed by atoms with E-state index in [1.54, 1.807) is 48.5 Å². The van der Waals surface area contributed by atoms with E-state index in [-0.39, 0.29) is 23.0 Å². The number of rotatable bonds is 14. The van der Waals surface area contributed by atoms with Crippen LogP contribution in [0.3, 0.4) is 0 Å². The summed E-state index contributed by atoms with van der Waals surface area (Å²) < 4.78 is 5.61. The number of halogens is 1. The first-order chi connectivity index (χ1) is 18.6. The minimum atomic E-state index is -1.07. The van der Waals surface area contributed by atoms with Crippen LogP contribution in [-0.4, -0.2) is 54.2 Å². The molecule has 0 spiro atoms. The number of hydrogen-bond acceptors (Lipinski definition) is 6. The Morgan fingerprint density at radius 1 is 1.15 bits per heavy atom. The van der Waals surface area contributed by atoms with E-state index in [1.807, 2.05) is 6.08 Å². The zero-order valence-corrected chi connectivity index (χ0v) is 22.8. The normalized spacial score (nSPS) is 12.5. The number of carbonyl (C=O) groups excluding carboxylic acids is 3. The smallest absolute Gasteiger partial charge is 0.335 e. The number of carboxylic acid groups (broad SMARTS) is 1. The lowest BCUT2D eigenvalue weighted by atomic mass is 9.95. The van der Waals surface area contributed by atoms with E-state index in [1.165, 1.54) is 44.4 Å². The largest absolute Gasteiger partial charge is 0.495 e. The standard InChI is InChI=1S/C30H31ClN2O6/c1-5-6-7-8-9-27(29(36)32-23-13-10-21(11-14-23)30(37)38)33(3)19-28(39-4)25(16-17-34)26-18-22(31)12-15-24(26)20(2)35/h5-7,10-19,27H,1,8-9H2,2-4H3,(H,32,36)(H,37,38)/b7-6-,25-16-,28-19+. The van der Waals surface area contributed by atoms with E-state index in [2.05, 4.69) is 11.9 Å². The van der Waals surface area contributed by atoms with Crippen molar-refractivity contribution in [1.82, 2.24) is 4.90 Å². The molecule has 2 N–H and O–H groups in total. The molecule has 1 amide bonds. The van der Waals surface area contributed by atoms with Crippen LogP contribution in [0, 0.1) is 0 Å². The molecule has 1 unspecified atom stereocenters. The number of Topliss-reactive ketones (excluding diaryl/α,β-unsaturated/α-hetero) is 1. The quantitative estimate of drug-likeness (QED) is 0.101. The second-order valence-electron chi connectivity index (χ2n) is 8.45. The summed E-state index contributed by atoms with van der Waals surface area (Å²) in [7, 11) is 3.11. The van der Waals surface area contributed by atoms with Gasteiger partial charge in [0.05, 0.1) is 12.7 Å². The number of carbonyl (C=O) groups is 4. The fourth-order valence-corrected chi connectivity index (χ4v) is 3.99. The third-order valence-electron chi connectivity index (χ3n) is 5.76. The lowest BCUT2D eigenvalue weighted by Crippen LogP contribution is -2.39. The van der Waals surface area contributed by atoms with Crippen molar-refractivity contribution in [2.75, 3.05) is 19.5 Å². The number of nitrogens with one attached hydrogen (secondary N) is 1. The highest BCUT2D eigenvalue weighted by Gasteiger charge is 2.24. The number of aldehydes is 1. The number of ketones is 1. The van der Waals surface area contributed by atoms with Crippen molar-refractivity contribution in [3.05, 3.63) is 107 Å². The Hall–Kier alpha value is -4.43. The van der Waals surface area contributed by atoms with Gasteiger partial charge in [0.1, 0.15) is 18.1 Å². The maximum Gasteiger partial charge on any atom is 0.335 e. The summed E-state index contributed by atoms with van der Waals surface area (Å²) in [5.41, 5.74) is 1.63. The average Bonchev–Trinajstić information content (AvgIpc) is 2.90. The molecule has 2 aromatic rings. The number of anilines is 1. The number of amides is 1. The van der Waals surface area contributed by atoms with Crippen LogP contribution in [0.2, 0.25) is 5.02 Å².